The van der Waals surface area contributed by atoms with E-state index in [9.17, 15) is 13.2 Å². The summed E-state index contributed by atoms with van der Waals surface area (Å²) < 4.78 is 32.0. The third-order valence-electron chi connectivity index (χ3n) is 2.37. The summed E-state index contributed by atoms with van der Waals surface area (Å²) in [6, 6.07) is -1.05. The van der Waals surface area contributed by atoms with Gasteiger partial charge in [0, 0.05) is 19.6 Å². The minimum absolute atomic E-state index is 0.00710. The third-order valence-corrected chi connectivity index (χ3v) is 3.98. The first-order valence-corrected chi connectivity index (χ1v) is 6.68. The number of hydrogen-bond acceptors (Lipinski definition) is 5. The first kappa shape index (κ1) is 14.3. The molecule has 8 nitrogen and oxygen atoms in total. The van der Waals surface area contributed by atoms with Gasteiger partial charge in [-0.1, -0.05) is 0 Å². The maximum atomic E-state index is 11.7. The van der Waals surface area contributed by atoms with Crippen LogP contribution in [-0.2, 0) is 19.7 Å². The molecule has 1 rings (SSSR count). The summed E-state index contributed by atoms with van der Waals surface area (Å²) in [6.07, 6.45) is 0.0545. The Morgan fingerprint density at radius 3 is 2.59 bits per heavy atom. The fraction of sp³-hybridized carbons (Fsp3) is 0.875. The van der Waals surface area contributed by atoms with Crippen LogP contribution in [0.25, 0.3) is 0 Å². The van der Waals surface area contributed by atoms with E-state index in [1.165, 1.54) is 4.31 Å². The highest BCUT2D eigenvalue weighted by molar-refractivity contribution is 7.87. The highest BCUT2D eigenvalue weighted by Crippen LogP contribution is 2.02. The normalized spacial score (nSPS) is 20.1. The van der Waals surface area contributed by atoms with Gasteiger partial charge in [-0.05, 0) is 6.42 Å². The number of carbonyl (C=O) groups is 1. The number of nitrogens with zero attached hydrogens (tertiary/aromatic N) is 1. The smallest absolute Gasteiger partial charge is 0.320 e. The van der Waals surface area contributed by atoms with E-state index in [-0.39, 0.29) is 13.0 Å². The lowest BCUT2D eigenvalue weighted by Crippen LogP contribution is -2.47. The Morgan fingerprint density at radius 1 is 1.47 bits per heavy atom. The molecule has 0 saturated carbocycles. The Morgan fingerprint density at radius 2 is 2.06 bits per heavy atom. The molecular weight excluding hydrogens is 250 g/mol. The lowest BCUT2D eigenvalue weighted by Gasteiger charge is -2.26. The van der Waals surface area contributed by atoms with Crippen LogP contribution in [0, 0.1) is 0 Å². The van der Waals surface area contributed by atoms with Gasteiger partial charge in [-0.25, -0.2) is 4.72 Å². The second-order valence-corrected chi connectivity index (χ2v) is 5.40. The molecule has 100 valence electrons. The Bertz CT molecular complexity index is 352. The van der Waals surface area contributed by atoms with Crippen LogP contribution in [0.1, 0.15) is 6.42 Å². The summed E-state index contributed by atoms with van der Waals surface area (Å²) in [4.78, 5) is 10.4. The van der Waals surface area contributed by atoms with E-state index in [1.54, 1.807) is 0 Å². The molecule has 0 aromatic rings. The standard InChI is InChI=1S/C8H17N3O5S/c9-7(8(12)13)1-2-10-17(14,15)11-3-5-16-6-4-11/h7,10H,1-6,9H2,(H,12,13)/t7-/m0/s1. The van der Waals surface area contributed by atoms with E-state index in [1.807, 2.05) is 0 Å². The van der Waals surface area contributed by atoms with Crippen molar-refractivity contribution in [1.82, 2.24) is 9.03 Å². The lowest BCUT2D eigenvalue weighted by atomic mass is 10.2. The van der Waals surface area contributed by atoms with Crippen LogP contribution in [-0.4, -0.2) is 62.7 Å². The summed E-state index contributed by atoms with van der Waals surface area (Å²) in [5, 5.41) is 8.53. The number of carboxylic acids is 1. The van der Waals surface area contributed by atoms with Crippen molar-refractivity contribution in [1.29, 1.82) is 0 Å². The van der Waals surface area contributed by atoms with Crippen molar-refractivity contribution in [3.8, 4) is 0 Å². The summed E-state index contributed by atoms with van der Waals surface area (Å²) >= 11 is 0. The molecule has 17 heavy (non-hydrogen) atoms. The predicted octanol–water partition coefficient (Wildman–Crippen LogP) is -2.04. The molecule has 9 heteroatoms. The van der Waals surface area contributed by atoms with Gasteiger partial charge in [0.15, 0.2) is 0 Å². The molecule has 0 unspecified atom stereocenters. The van der Waals surface area contributed by atoms with Crippen molar-refractivity contribution in [3.05, 3.63) is 0 Å². The lowest BCUT2D eigenvalue weighted by molar-refractivity contribution is -0.138. The van der Waals surface area contributed by atoms with Gasteiger partial charge in [0.1, 0.15) is 6.04 Å². The SMILES string of the molecule is N[C@@H](CCNS(=O)(=O)N1CCOCC1)C(=O)O. The molecule has 1 aliphatic rings. The van der Waals surface area contributed by atoms with Gasteiger partial charge in [-0.2, -0.15) is 12.7 Å². The van der Waals surface area contributed by atoms with Crippen LogP contribution in [0.2, 0.25) is 0 Å². The molecule has 1 atom stereocenters. The molecule has 1 fully saturated rings. The number of nitrogens with one attached hydrogen (secondary N) is 1. The molecule has 0 bridgehead atoms. The average molecular weight is 267 g/mol. The first-order valence-electron chi connectivity index (χ1n) is 5.24. The molecule has 0 aromatic carbocycles. The van der Waals surface area contributed by atoms with E-state index >= 15 is 0 Å². The summed E-state index contributed by atoms with van der Waals surface area (Å²) in [5.74, 6) is -1.14. The van der Waals surface area contributed by atoms with Crippen LogP contribution in [0.15, 0.2) is 0 Å². The number of hydrogen-bond donors (Lipinski definition) is 3. The Labute approximate surface area is 99.9 Å². The van der Waals surface area contributed by atoms with E-state index in [0.717, 1.165) is 0 Å². The van der Waals surface area contributed by atoms with Crippen LogP contribution >= 0.6 is 0 Å². The molecule has 1 heterocycles. The van der Waals surface area contributed by atoms with Crippen LogP contribution < -0.4 is 10.5 Å². The Kier molecular flexibility index (Phi) is 5.28. The van der Waals surface area contributed by atoms with E-state index in [0.29, 0.717) is 26.3 Å². The molecule has 1 aliphatic heterocycles. The molecule has 0 spiro atoms. The van der Waals surface area contributed by atoms with Gasteiger partial charge in [0.25, 0.3) is 10.2 Å². The molecule has 0 aliphatic carbocycles. The van der Waals surface area contributed by atoms with Crippen molar-refractivity contribution in [2.45, 2.75) is 12.5 Å². The minimum Gasteiger partial charge on any atom is -0.480 e. The monoisotopic (exact) mass is 267 g/mol. The van der Waals surface area contributed by atoms with Gasteiger partial charge in [0.2, 0.25) is 0 Å². The van der Waals surface area contributed by atoms with E-state index in [2.05, 4.69) is 4.72 Å². The molecular formula is C8H17N3O5S. The quantitative estimate of drug-likeness (QED) is 0.509. The van der Waals surface area contributed by atoms with Gasteiger partial charge in [0.05, 0.1) is 13.2 Å². The number of rotatable bonds is 6. The highest BCUT2D eigenvalue weighted by Gasteiger charge is 2.24. The predicted molar refractivity (Wildman–Crippen MR) is 59.5 cm³/mol. The zero-order valence-corrected chi connectivity index (χ0v) is 10.1. The van der Waals surface area contributed by atoms with Crippen molar-refractivity contribution >= 4 is 16.2 Å². The molecule has 0 aromatic heterocycles. The van der Waals surface area contributed by atoms with Gasteiger partial charge in [-0.15, -0.1) is 0 Å². The van der Waals surface area contributed by atoms with Gasteiger partial charge < -0.3 is 15.6 Å². The summed E-state index contributed by atoms with van der Waals surface area (Å²) in [5.41, 5.74) is 5.26. The number of morpholine rings is 1. The third kappa shape index (κ3) is 4.56. The fourth-order valence-electron chi connectivity index (χ4n) is 1.35. The summed E-state index contributed by atoms with van der Waals surface area (Å²) in [6.45, 7) is 1.36. The van der Waals surface area contributed by atoms with Crippen LogP contribution in [0.4, 0.5) is 0 Å². The Hall–Kier alpha value is -0.740. The van der Waals surface area contributed by atoms with Gasteiger partial charge in [-0.3, -0.25) is 4.79 Å². The largest absolute Gasteiger partial charge is 0.480 e. The molecule has 0 radical (unpaired) electrons. The summed E-state index contributed by atoms with van der Waals surface area (Å²) in [7, 11) is -3.55. The number of carboxylic acid groups (broad SMARTS) is 1. The zero-order valence-electron chi connectivity index (χ0n) is 9.33. The van der Waals surface area contributed by atoms with E-state index < -0.39 is 22.2 Å². The Balaban J connectivity index is 2.36. The second kappa shape index (κ2) is 6.26. The van der Waals surface area contributed by atoms with Gasteiger partial charge >= 0.3 is 5.97 Å². The van der Waals surface area contributed by atoms with Crippen molar-refractivity contribution < 1.29 is 23.1 Å². The zero-order chi connectivity index (χ0) is 12.9. The second-order valence-electron chi connectivity index (χ2n) is 3.64. The fourth-order valence-corrected chi connectivity index (χ4v) is 2.53. The van der Waals surface area contributed by atoms with Crippen molar-refractivity contribution in [2.75, 3.05) is 32.8 Å². The number of nitrogens with two attached hydrogens (primary N) is 1. The molecule has 4 N–H and O–H groups in total. The molecule has 0 amide bonds. The number of ether oxygens (including phenoxy) is 1. The molecule has 1 saturated heterocycles. The average Bonchev–Trinajstić information content (AvgIpc) is 2.29. The van der Waals surface area contributed by atoms with Crippen molar-refractivity contribution in [3.63, 3.8) is 0 Å². The highest BCUT2D eigenvalue weighted by atomic mass is 32.2. The van der Waals surface area contributed by atoms with E-state index in [4.69, 9.17) is 15.6 Å². The maximum absolute atomic E-state index is 11.7. The first-order chi connectivity index (χ1) is 7.93. The number of aliphatic carboxylic acids is 1. The topological polar surface area (TPSA) is 122 Å². The minimum atomic E-state index is -3.55. The van der Waals surface area contributed by atoms with Crippen molar-refractivity contribution in [2.24, 2.45) is 5.73 Å². The van der Waals surface area contributed by atoms with Crippen LogP contribution in [0.3, 0.4) is 0 Å². The van der Waals surface area contributed by atoms with Crippen LogP contribution in [0.5, 0.6) is 0 Å². The maximum Gasteiger partial charge on any atom is 0.320 e.